The SMILES string of the molecule is CC(C)C(N)CCN(C)C1/C=C/CCCCC1. The summed E-state index contributed by atoms with van der Waals surface area (Å²) in [7, 11) is 2.24. The third-order valence-electron chi connectivity index (χ3n) is 3.97. The highest BCUT2D eigenvalue weighted by molar-refractivity contribution is 4.95. The molecule has 0 aromatic rings. The van der Waals surface area contributed by atoms with Crippen molar-refractivity contribution >= 4 is 0 Å². The Kier molecular flexibility index (Phi) is 6.83. The standard InChI is InChI=1S/C15H30N2/c1-13(2)15(16)11-12-17(3)14-9-7-5-4-6-8-10-14/h7,9,13-15H,4-6,8,10-12,16H2,1-3H3/b9-7+. The summed E-state index contributed by atoms with van der Waals surface area (Å²) < 4.78 is 0. The molecule has 17 heavy (non-hydrogen) atoms. The first kappa shape index (κ1) is 14.7. The highest BCUT2D eigenvalue weighted by Crippen LogP contribution is 2.16. The lowest BCUT2D eigenvalue weighted by Crippen LogP contribution is -2.36. The normalized spacial score (nSPS) is 25.6. The van der Waals surface area contributed by atoms with Crippen LogP contribution in [0.15, 0.2) is 12.2 Å². The van der Waals surface area contributed by atoms with Gasteiger partial charge in [0.25, 0.3) is 0 Å². The molecule has 0 radical (unpaired) electrons. The Balaban J connectivity index is 2.34. The van der Waals surface area contributed by atoms with E-state index in [9.17, 15) is 0 Å². The molecule has 2 nitrogen and oxygen atoms in total. The van der Waals surface area contributed by atoms with E-state index in [-0.39, 0.29) is 0 Å². The molecule has 0 spiro atoms. The fraction of sp³-hybridized carbons (Fsp3) is 0.867. The molecule has 0 aromatic carbocycles. The molecule has 0 aromatic heterocycles. The Morgan fingerprint density at radius 2 is 2.06 bits per heavy atom. The van der Waals surface area contributed by atoms with Crippen molar-refractivity contribution in [3.63, 3.8) is 0 Å². The van der Waals surface area contributed by atoms with Gasteiger partial charge in [-0.3, -0.25) is 4.90 Å². The van der Waals surface area contributed by atoms with E-state index in [1.54, 1.807) is 0 Å². The minimum absolute atomic E-state index is 0.343. The van der Waals surface area contributed by atoms with Gasteiger partial charge in [-0.15, -0.1) is 0 Å². The Hall–Kier alpha value is -0.340. The molecule has 0 fully saturated rings. The lowest BCUT2D eigenvalue weighted by molar-refractivity contribution is 0.245. The van der Waals surface area contributed by atoms with Crippen LogP contribution in [0.2, 0.25) is 0 Å². The smallest absolute Gasteiger partial charge is 0.0275 e. The monoisotopic (exact) mass is 238 g/mol. The van der Waals surface area contributed by atoms with Crippen LogP contribution in [-0.4, -0.2) is 30.6 Å². The third kappa shape index (κ3) is 5.69. The minimum atomic E-state index is 0.343. The summed E-state index contributed by atoms with van der Waals surface area (Å²) in [6.45, 7) is 5.54. The van der Waals surface area contributed by atoms with Crippen molar-refractivity contribution in [2.75, 3.05) is 13.6 Å². The second kappa shape index (κ2) is 7.88. The second-order valence-electron chi connectivity index (χ2n) is 5.81. The summed E-state index contributed by atoms with van der Waals surface area (Å²) in [5.41, 5.74) is 6.11. The predicted molar refractivity (Wildman–Crippen MR) is 76.1 cm³/mol. The van der Waals surface area contributed by atoms with Crippen molar-refractivity contribution in [2.45, 2.75) is 64.5 Å². The maximum atomic E-state index is 6.11. The molecule has 1 aliphatic rings. The van der Waals surface area contributed by atoms with Gasteiger partial charge in [0.2, 0.25) is 0 Å². The lowest BCUT2D eigenvalue weighted by atomic mass is 9.99. The molecule has 0 bridgehead atoms. The number of allylic oxidation sites excluding steroid dienone is 1. The minimum Gasteiger partial charge on any atom is -0.327 e. The first-order chi connectivity index (χ1) is 8.11. The zero-order valence-corrected chi connectivity index (χ0v) is 11.9. The molecular formula is C15H30N2. The van der Waals surface area contributed by atoms with Crippen molar-refractivity contribution in [1.82, 2.24) is 4.90 Å². The lowest BCUT2D eigenvalue weighted by Gasteiger charge is -2.28. The fourth-order valence-electron chi connectivity index (χ4n) is 2.36. The molecule has 1 aliphatic carbocycles. The topological polar surface area (TPSA) is 29.3 Å². The van der Waals surface area contributed by atoms with Gasteiger partial charge in [-0.2, -0.15) is 0 Å². The summed E-state index contributed by atoms with van der Waals surface area (Å²) in [6, 6.07) is 0.977. The number of hydrogen-bond acceptors (Lipinski definition) is 2. The molecule has 2 heteroatoms. The molecule has 2 unspecified atom stereocenters. The van der Waals surface area contributed by atoms with Crippen LogP contribution in [0.3, 0.4) is 0 Å². The molecule has 100 valence electrons. The van der Waals surface area contributed by atoms with Crippen LogP contribution >= 0.6 is 0 Å². The molecule has 0 saturated heterocycles. The Bertz CT molecular complexity index is 223. The van der Waals surface area contributed by atoms with E-state index in [0.717, 1.165) is 13.0 Å². The summed E-state index contributed by atoms with van der Waals surface area (Å²) >= 11 is 0. The van der Waals surface area contributed by atoms with Gasteiger partial charge in [-0.25, -0.2) is 0 Å². The van der Waals surface area contributed by atoms with E-state index in [2.05, 4.69) is 37.9 Å². The Morgan fingerprint density at radius 1 is 1.29 bits per heavy atom. The summed E-state index contributed by atoms with van der Waals surface area (Å²) in [6.07, 6.45) is 12.6. The van der Waals surface area contributed by atoms with Crippen LogP contribution in [0.4, 0.5) is 0 Å². The molecule has 0 aliphatic heterocycles. The molecule has 0 heterocycles. The predicted octanol–water partition coefficient (Wildman–Crippen LogP) is 3.18. The van der Waals surface area contributed by atoms with E-state index in [1.807, 2.05) is 0 Å². The summed E-state index contributed by atoms with van der Waals surface area (Å²) in [5.74, 6) is 0.594. The third-order valence-corrected chi connectivity index (χ3v) is 3.97. The average molecular weight is 238 g/mol. The quantitative estimate of drug-likeness (QED) is 0.745. The van der Waals surface area contributed by atoms with Gasteiger partial charge in [0.1, 0.15) is 0 Å². The largest absolute Gasteiger partial charge is 0.327 e. The number of likely N-dealkylation sites (N-methyl/N-ethyl adjacent to an activating group) is 1. The first-order valence-corrected chi connectivity index (χ1v) is 7.23. The van der Waals surface area contributed by atoms with Gasteiger partial charge in [0.05, 0.1) is 0 Å². The van der Waals surface area contributed by atoms with Gasteiger partial charge in [-0.05, 0) is 45.2 Å². The highest BCUT2D eigenvalue weighted by atomic mass is 15.1. The molecule has 0 saturated carbocycles. The van der Waals surface area contributed by atoms with Gasteiger partial charge < -0.3 is 5.73 Å². The van der Waals surface area contributed by atoms with Crippen LogP contribution in [-0.2, 0) is 0 Å². The van der Waals surface area contributed by atoms with Crippen LogP contribution < -0.4 is 5.73 Å². The fourth-order valence-corrected chi connectivity index (χ4v) is 2.36. The second-order valence-corrected chi connectivity index (χ2v) is 5.81. The van der Waals surface area contributed by atoms with Gasteiger partial charge >= 0.3 is 0 Å². The zero-order chi connectivity index (χ0) is 12.7. The van der Waals surface area contributed by atoms with Gasteiger partial charge in [0.15, 0.2) is 0 Å². The van der Waals surface area contributed by atoms with Crippen LogP contribution in [0.5, 0.6) is 0 Å². The molecule has 0 amide bonds. The van der Waals surface area contributed by atoms with Gasteiger partial charge in [-0.1, -0.05) is 38.8 Å². The van der Waals surface area contributed by atoms with E-state index in [4.69, 9.17) is 5.73 Å². The first-order valence-electron chi connectivity index (χ1n) is 7.23. The summed E-state index contributed by atoms with van der Waals surface area (Å²) in [4.78, 5) is 2.48. The number of hydrogen-bond donors (Lipinski definition) is 1. The number of rotatable bonds is 5. The van der Waals surface area contributed by atoms with Crippen LogP contribution in [0.25, 0.3) is 0 Å². The zero-order valence-electron chi connectivity index (χ0n) is 11.9. The molecular weight excluding hydrogens is 208 g/mol. The molecule has 2 atom stereocenters. The maximum Gasteiger partial charge on any atom is 0.0275 e. The van der Waals surface area contributed by atoms with E-state index >= 15 is 0 Å². The van der Waals surface area contributed by atoms with Crippen LogP contribution in [0, 0.1) is 5.92 Å². The Labute approximate surface area is 107 Å². The van der Waals surface area contributed by atoms with Crippen LogP contribution in [0.1, 0.15) is 52.4 Å². The van der Waals surface area contributed by atoms with Crippen molar-refractivity contribution in [3.8, 4) is 0 Å². The van der Waals surface area contributed by atoms with E-state index < -0.39 is 0 Å². The summed E-state index contributed by atoms with van der Waals surface area (Å²) in [5, 5.41) is 0. The van der Waals surface area contributed by atoms with Crippen molar-refractivity contribution in [1.29, 1.82) is 0 Å². The average Bonchev–Trinajstić information content (AvgIpc) is 2.24. The number of nitrogens with zero attached hydrogens (tertiary/aromatic N) is 1. The van der Waals surface area contributed by atoms with Crippen molar-refractivity contribution in [2.24, 2.45) is 11.7 Å². The highest BCUT2D eigenvalue weighted by Gasteiger charge is 2.14. The van der Waals surface area contributed by atoms with Crippen molar-refractivity contribution < 1.29 is 0 Å². The Morgan fingerprint density at radius 3 is 2.76 bits per heavy atom. The van der Waals surface area contributed by atoms with E-state index in [0.29, 0.717) is 18.0 Å². The molecule has 2 N–H and O–H groups in total. The molecule has 1 rings (SSSR count). The van der Waals surface area contributed by atoms with E-state index in [1.165, 1.54) is 32.1 Å². The van der Waals surface area contributed by atoms with Gasteiger partial charge in [0, 0.05) is 12.1 Å². The maximum absolute atomic E-state index is 6.11. The number of nitrogens with two attached hydrogens (primary N) is 1. The van der Waals surface area contributed by atoms with Crippen molar-refractivity contribution in [3.05, 3.63) is 12.2 Å².